The Hall–Kier alpha value is -1.62. The third-order valence-electron chi connectivity index (χ3n) is 4.86. The predicted octanol–water partition coefficient (Wildman–Crippen LogP) is 3.30. The van der Waals surface area contributed by atoms with E-state index in [4.69, 9.17) is 4.98 Å². The molecule has 0 atom stereocenters. The average Bonchev–Trinajstić information content (AvgIpc) is 2.89. The molecule has 0 saturated carbocycles. The Morgan fingerprint density at radius 2 is 2.00 bits per heavy atom. The summed E-state index contributed by atoms with van der Waals surface area (Å²) < 4.78 is 1.94. The number of hydrogen-bond donors (Lipinski definition) is 1. The highest BCUT2D eigenvalue weighted by Crippen LogP contribution is 2.22. The summed E-state index contributed by atoms with van der Waals surface area (Å²) in [6.07, 6.45) is 3.87. The van der Waals surface area contributed by atoms with Crippen LogP contribution in [-0.2, 0) is 0 Å². The Morgan fingerprint density at radius 3 is 2.70 bits per heavy atom. The van der Waals surface area contributed by atoms with Gasteiger partial charge in [-0.2, -0.15) is 9.61 Å². The van der Waals surface area contributed by atoms with Gasteiger partial charge in [-0.3, -0.25) is 0 Å². The van der Waals surface area contributed by atoms with Gasteiger partial charge in [0, 0.05) is 24.4 Å². The molecule has 1 aliphatic heterocycles. The van der Waals surface area contributed by atoms with Gasteiger partial charge in [0.2, 0.25) is 0 Å². The Kier molecular flexibility index (Phi) is 4.85. The molecule has 0 spiro atoms. The maximum atomic E-state index is 4.72. The van der Waals surface area contributed by atoms with E-state index in [-0.39, 0.29) is 0 Å². The second-order valence-electron chi connectivity index (χ2n) is 7.24. The van der Waals surface area contributed by atoms with Crippen LogP contribution >= 0.6 is 0 Å². The molecule has 1 N–H and O–H groups in total. The molecule has 3 rings (SSSR count). The van der Waals surface area contributed by atoms with Gasteiger partial charge in [-0.15, -0.1) is 0 Å². The molecule has 0 amide bonds. The average molecular weight is 315 g/mol. The molecule has 0 bridgehead atoms. The van der Waals surface area contributed by atoms with Crippen LogP contribution in [0.3, 0.4) is 0 Å². The molecule has 5 nitrogen and oxygen atoms in total. The van der Waals surface area contributed by atoms with Gasteiger partial charge in [0.25, 0.3) is 0 Å². The standard InChI is InChI=1S/C18H29N5/c1-13(2)16-12-17(23-18(20-16)11-14(3)21-23)19-8-5-15-6-9-22(4)10-7-15/h11-13,15,19H,5-10H2,1-4H3. The van der Waals surface area contributed by atoms with Gasteiger partial charge in [-0.05, 0) is 58.2 Å². The molecule has 1 aliphatic rings. The lowest BCUT2D eigenvalue weighted by molar-refractivity contribution is 0.215. The molecule has 5 heteroatoms. The molecular weight excluding hydrogens is 286 g/mol. The molecule has 0 unspecified atom stereocenters. The molecule has 0 aliphatic carbocycles. The normalized spacial score (nSPS) is 17.3. The van der Waals surface area contributed by atoms with Crippen molar-refractivity contribution < 1.29 is 0 Å². The lowest BCUT2D eigenvalue weighted by Gasteiger charge is -2.29. The highest BCUT2D eigenvalue weighted by atomic mass is 15.3. The van der Waals surface area contributed by atoms with Crippen molar-refractivity contribution in [2.75, 3.05) is 32.0 Å². The highest BCUT2D eigenvalue weighted by Gasteiger charge is 2.16. The Morgan fingerprint density at radius 1 is 1.26 bits per heavy atom. The van der Waals surface area contributed by atoms with Crippen LogP contribution in [0.1, 0.15) is 50.4 Å². The first-order valence-electron chi connectivity index (χ1n) is 8.82. The van der Waals surface area contributed by atoms with E-state index >= 15 is 0 Å². The van der Waals surface area contributed by atoms with Crippen LogP contribution in [0.25, 0.3) is 5.65 Å². The van der Waals surface area contributed by atoms with Crippen LogP contribution in [0.2, 0.25) is 0 Å². The van der Waals surface area contributed by atoms with Gasteiger partial charge >= 0.3 is 0 Å². The van der Waals surface area contributed by atoms with Gasteiger partial charge < -0.3 is 10.2 Å². The van der Waals surface area contributed by atoms with E-state index in [1.165, 1.54) is 32.4 Å². The number of anilines is 1. The van der Waals surface area contributed by atoms with E-state index in [0.29, 0.717) is 5.92 Å². The van der Waals surface area contributed by atoms with Crippen LogP contribution < -0.4 is 5.32 Å². The summed E-state index contributed by atoms with van der Waals surface area (Å²) in [5.41, 5.74) is 3.08. The summed E-state index contributed by atoms with van der Waals surface area (Å²) in [5.74, 6) is 2.34. The molecule has 126 valence electrons. The van der Waals surface area contributed by atoms with E-state index < -0.39 is 0 Å². The quantitative estimate of drug-likeness (QED) is 0.919. The predicted molar refractivity (Wildman–Crippen MR) is 95.1 cm³/mol. The Bertz CT molecular complexity index is 653. The third kappa shape index (κ3) is 3.83. The van der Waals surface area contributed by atoms with Crippen molar-refractivity contribution in [3.05, 3.63) is 23.5 Å². The molecule has 2 aromatic heterocycles. The number of fused-ring (bicyclic) bond motifs is 1. The molecule has 0 radical (unpaired) electrons. The number of piperidine rings is 1. The smallest absolute Gasteiger partial charge is 0.157 e. The highest BCUT2D eigenvalue weighted by molar-refractivity contribution is 5.50. The molecule has 0 aromatic carbocycles. The van der Waals surface area contributed by atoms with Crippen molar-refractivity contribution in [2.45, 2.75) is 46.0 Å². The zero-order chi connectivity index (χ0) is 16.4. The number of hydrogen-bond acceptors (Lipinski definition) is 4. The van der Waals surface area contributed by atoms with Crippen LogP contribution in [0, 0.1) is 12.8 Å². The Balaban J connectivity index is 1.69. The van der Waals surface area contributed by atoms with Crippen LogP contribution in [0.4, 0.5) is 5.82 Å². The fourth-order valence-corrected chi connectivity index (χ4v) is 3.29. The van der Waals surface area contributed by atoms with Gasteiger partial charge in [-0.1, -0.05) is 13.8 Å². The van der Waals surface area contributed by atoms with Gasteiger partial charge in [-0.25, -0.2) is 4.98 Å². The van der Waals surface area contributed by atoms with Crippen LogP contribution in [0.15, 0.2) is 12.1 Å². The zero-order valence-corrected chi connectivity index (χ0v) is 14.8. The van der Waals surface area contributed by atoms with Crippen molar-refractivity contribution in [1.29, 1.82) is 0 Å². The minimum Gasteiger partial charge on any atom is -0.370 e. The fraction of sp³-hybridized carbons (Fsp3) is 0.667. The van der Waals surface area contributed by atoms with E-state index in [1.54, 1.807) is 0 Å². The maximum absolute atomic E-state index is 4.72. The van der Waals surface area contributed by atoms with Crippen molar-refractivity contribution in [2.24, 2.45) is 5.92 Å². The lowest BCUT2D eigenvalue weighted by Crippen LogP contribution is -2.31. The number of nitrogens with zero attached hydrogens (tertiary/aromatic N) is 4. The second kappa shape index (κ2) is 6.87. The number of aromatic nitrogens is 3. The molecule has 1 fully saturated rings. The first kappa shape index (κ1) is 16.2. The molecule has 23 heavy (non-hydrogen) atoms. The van der Waals surface area contributed by atoms with E-state index in [1.807, 2.05) is 17.5 Å². The van der Waals surface area contributed by atoms with Crippen molar-refractivity contribution >= 4 is 11.5 Å². The second-order valence-corrected chi connectivity index (χ2v) is 7.24. The van der Waals surface area contributed by atoms with Crippen molar-refractivity contribution in [3.8, 4) is 0 Å². The summed E-state index contributed by atoms with van der Waals surface area (Å²) in [7, 11) is 2.22. The number of aryl methyl sites for hydroxylation is 1. The maximum Gasteiger partial charge on any atom is 0.157 e. The topological polar surface area (TPSA) is 45.5 Å². The number of likely N-dealkylation sites (tertiary alicyclic amines) is 1. The molecule has 2 aromatic rings. The lowest BCUT2D eigenvalue weighted by atomic mass is 9.94. The summed E-state index contributed by atoms with van der Waals surface area (Å²) in [4.78, 5) is 7.15. The number of nitrogens with one attached hydrogen (secondary N) is 1. The monoisotopic (exact) mass is 315 g/mol. The summed E-state index contributed by atoms with van der Waals surface area (Å²) in [6.45, 7) is 9.87. The van der Waals surface area contributed by atoms with E-state index in [2.05, 4.69) is 42.3 Å². The minimum atomic E-state index is 0.421. The summed E-state index contributed by atoms with van der Waals surface area (Å²) in [6, 6.07) is 4.20. The van der Waals surface area contributed by atoms with E-state index in [9.17, 15) is 0 Å². The van der Waals surface area contributed by atoms with Crippen molar-refractivity contribution in [3.63, 3.8) is 0 Å². The molecule has 3 heterocycles. The minimum absolute atomic E-state index is 0.421. The van der Waals surface area contributed by atoms with Gasteiger partial charge in [0.1, 0.15) is 5.82 Å². The fourth-order valence-electron chi connectivity index (χ4n) is 3.29. The number of rotatable bonds is 5. The first-order chi connectivity index (χ1) is 11.0. The summed E-state index contributed by atoms with van der Waals surface area (Å²) in [5, 5.41) is 8.18. The molecule has 1 saturated heterocycles. The molecular formula is C18H29N5. The zero-order valence-electron chi connectivity index (χ0n) is 14.8. The van der Waals surface area contributed by atoms with Gasteiger partial charge in [0.05, 0.1) is 5.69 Å². The first-order valence-corrected chi connectivity index (χ1v) is 8.82. The summed E-state index contributed by atoms with van der Waals surface area (Å²) >= 11 is 0. The van der Waals surface area contributed by atoms with E-state index in [0.717, 1.165) is 35.3 Å². The van der Waals surface area contributed by atoms with Crippen LogP contribution in [0.5, 0.6) is 0 Å². The third-order valence-corrected chi connectivity index (χ3v) is 4.86. The SMILES string of the molecule is Cc1cc2nc(C(C)C)cc(NCCC3CCN(C)CC3)n2n1. The van der Waals surface area contributed by atoms with Crippen LogP contribution in [-0.4, -0.2) is 46.2 Å². The Labute approximate surface area is 139 Å². The largest absolute Gasteiger partial charge is 0.370 e. The van der Waals surface area contributed by atoms with Gasteiger partial charge in [0.15, 0.2) is 5.65 Å². The van der Waals surface area contributed by atoms with Crippen molar-refractivity contribution in [1.82, 2.24) is 19.5 Å².